The van der Waals surface area contributed by atoms with Crippen molar-refractivity contribution in [2.75, 3.05) is 0 Å². The van der Waals surface area contributed by atoms with Crippen molar-refractivity contribution in [3.63, 3.8) is 0 Å². The smallest absolute Gasteiger partial charge is 0.149 e. The number of hydrogen-bond donors (Lipinski definition) is 1. The number of hydrogen-bond acceptors (Lipinski definition) is 3. The van der Waals surface area contributed by atoms with E-state index in [0.717, 1.165) is 23.9 Å². The van der Waals surface area contributed by atoms with E-state index in [1.165, 1.54) is 16.7 Å². The van der Waals surface area contributed by atoms with Gasteiger partial charge < -0.3 is 5.11 Å². The molecule has 8 aromatic rings. The lowest BCUT2D eigenvalue weighted by Crippen LogP contribution is -2.17. The molecule has 4 nitrogen and oxygen atoms in total. The summed E-state index contributed by atoms with van der Waals surface area (Å²) in [7, 11) is 0. The van der Waals surface area contributed by atoms with Crippen LogP contribution in [0.1, 0.15) is 182 Å². The fourth-order valence-electron chi connectivity index (χ4n) is 8.34. The van der Waals surface area contributed by atoms with Gasteiger partial charge in [0.25, 0.3) is 0 Å². The van der Waals surface area contributed by atoms with E-state index in [1.807, 2.05) is 41.5 Å². The van der Waals surface area contributed by atoms with Gasteiger partial charge in [-0.15, -0.1) is 0 Å². The first kappa shape index (κ1) is 24.5. The highest BCUT2D eigenvalue weighted by Crippen LogP contribution is 2.46. The molecule has 0 fully saturated rings. The zero-order valence-corrected chi connectivity index (χ0v) is 40.2. The van der Waals surface area contributed by atoms with Gasteiger partial charge >= 0.3 is 0 Å². The lowest BCUT2D eigenvalue weighted by Gasteiger charge is -2.28. The van der Waals surface area contributed by atoms with Crippen LogP contribution in [0.3, 0.4) is 0 Å². The molecule has 0 unspecified atom stereocenters. The Hall–Kier alpha value is -6.26. The zero-order chi connectivity index (χ0) is 74.6. The minimum Gasteiger partial charge on any atom is -0.507 e. The molecule has 0 radical (unpaired) electrons. The summed E-state index contributed by atoms with van der Waals surface area (Å²) >= 11 is 0. The van der Waals surface area contributed by atoms with E-state index in [0.29, 0.717) is 16.7 Å². The third-order valence-electron chi connectivity index (χ3n) is 11.9. The molecule has 0 amide bonds. The van der Waals surface area contributed by atoms with Crippen LogP contribution in [0, 0.1) is 19.1 Å². The Bertz CT molecular complexity index is 4250. The predicted molar refractivity (Wildman–Crippen MR) is 295 cm³/mol. The van der Waals surface area contributed by atoms with Crippen molar-refractivity contribution < 1.29 is 44.9 Å². The molecule has 4 heteroatoms. The van der Waals surface area contributed by atoms with Crippen LogP contribution in [-0.2, 0) is 28.0 Å². The van der Waals surface area contributed by atoms with Crippen LogP contribution in [0.25, 0.3) is 72.7 Å². The van der Waals surface area contributed by atoms with E-state index in [9.17, 15) is 9.22 Å². The normalized spacial score (nSPS) is 20.7. The van der Waals surface area contributed by atoms with Gasteiger partial charge in [-0.05, 0) is 145 Å². The molecule has 8 rings (SSSR count). The minimum absolute atomic E-state index is 0.00195. The van der Waals surface area contributed by atoms with E-state index >= 15 is 0 Å². The number of fused-ring (bicyclic) bond motifs is 1. The third kappa shape index (κ3) is 10.1. The summed E-state index contributed by atoms with van der Waals surface area (Å²) in [4.78, 5) is 9.71. The fraction of sp³-hybridized carbons (Fsp3) is 0.354. The topological polar surface area (TPSA) is 50.9 Å². The van der Waals surface area contributed by atoms with Crippen molar-refractivity contribution in [3.8, 4) is 67.5 Å². The maximum Gasteiger partial charge on any atom is 0.149 e. The number of rotatable bonds is 7. The Morgan fingerprint density at radius 2 is 1.29 bits per heavy atom. The third-order valence-corrected chi connectivity index (χ3v) is 11.9. The summed E-state index contributed by atoms with van der Waals surface area (Å²) in [5.41, 5.74) is -15.5. The standard InChI is InChI=1S/C65H75N3O/c1-40-30-42(38-61(3,4)5)26-28-49(40)51-37-55(66-39-41(51)2)45-31-44(32-47(33-45)63(9,10)11)50-24-21-25-57-58(50)67-60(53-35-48(64(12,13)14)36-54(59(53)69)65(15,16)17)68(57)56-29-27-46(62(6,7)8)34-52(56)43-22-19-18-20-23-43/h18-37,39,69H,38H2,1-17H3/i1D3,2D3,12D3,13D3,14D3,15D3,16D3,17D3,28D,35D,36D,38D2. The molecule has 69 heavy (non-hydrogen) atoms. The van der Waals surface area contributed by atoms with Crippen LogP contribution in [0.4, 0.5) is 0 Å². The quantitative estimate of drug-likeness (QED) is 0.173. The second-order valence-electron chi connectivity index (χ2n) is 20.7. The highest BCUT2D eigenvalue weighted by atomic mass is 16.3. The van der Waals surface area contributed by atoms with Gasteiger partial charge in [0.05, 0.1) is 32.1 Å². The SMILES string of the molecule is [2H]c1cc(C([2H])([2H])C(C)(C)C)cc(C([2H])([2H])[2H])c1-c1cc(-c2cc(-c3cccc4c3nc(-c3c([2H])c(C(C([2H])([2H])[2H])(C([2H])([2H])[2H])C([2H])([2H])[2H])c([2H])c(C(C([2H])([2H])[2H])(C([2H])([2H])[2H])C([2H])([2H])[2H])c3O)n4-c3ccc(C(C)(C)C)cc3-c3ccccc3)cc(C(C)(C)C)c2)ncc1C([2H])([2H])[2H]. The number of aryl methyl sites for hydroxylation is 2. The Kier molecular flexibility index (Phi) is 6.26. The van der Waals surface area contributed by atoms with Crippen molar-refractivity contribution in [2.24, 2.45) is 5.41 Å². The molecule has 0 saturated heterocycles. The predicted octanol–water partition coefficient (Wildman–Crippen LogP) is 17.9. The Labute approximate surface area is 454 Å². The highest BCUT2D eigenvalue weighted by molar-refractivity contribution is 5.98. The van der Waals surface area contributed by atoms with Crippen LogP contribution in [-0.4, -0.2) is 19.6 Å². The van der Waals surface area contributed by atoms with Gasteiger partial charge in [-0.2, -0.15) is 0 Å². The molecule has 0 saturated carbocycles. The molecule has 2 heterocycles. The zero-order valence-electron chi connectivity index (χ0n) is 69.2. The monoisotopic (exact) mass is 943 g/mol. The summed E-state index contributed by atoms with van der Waals surface area (Å²) in [5.74, 6) is -2.59. The average Bonchev–Trinajstić information content (AvgIpc) is 0.987. The number of phenols is 1. The number of aromatic nitrogens is 3. The molecule has 0 aliphatic carbocycles. The number of nitrogens with zero attached hydrogens (tertiary/aromatic N) is 3. The Balaban J connectivity index is 1.65. The molecule has 356 valence electrons. The summed E-state index contributed by atoms with van der Waals surface area (Å²) in [5, 5.41) is 13.3. The highest BCUT2D eigenvalue weighted by Gasteiger charge is 2.30. The Morgan fingerprint density at radius 1 is 0.580 bits per heavy atom. The maximum absolute atomic E-state index is 13.3. The van der Waals surface area contributed by atoms with E-state index in [4.69, 9.17) is 40.6 Å². The molecular weight excluding hydrogens is 839 g/mol. The minimum atomic E-state index is -4.53. The fourth-order valence-corrected chi connectivity index (χ4v) is 8.34. The van der Waals surface area contributed by atoms with Crippen LogP contribution in [0.5, 0.6) is 5.75 Å². The molecule has 0 bridgehead atoms. The number of imidazole rings is 1. The molecule has 0 aliphatic heterocycles. The van der Waals surface area contributed by atoms with E-state index < -0.39 is 146 Å². The van der Waals surface area contributed by atoms with Gasteiger partial charge in [0.2, 0.25) is 0 Å². The second-order valence-corrected chi connectivity index (χ2v) is 20.7. The average molecular weight is 944 g/mol. The second kappa shape index (κ2) is 17.6. The van der Waals surface area contributed by atoms with Crippen molar-refractivity contribution >= 4 is 11.0 Å². The summed E-state index contributed by atoms with van der Waals surface area (Å²) in [6.07, 6.45) is -1.16. The lowest BCUT2D eigenvalue weighted by atomic mass is 9.79. The summed E-state index contributed by atoms with van der Waals surface area (Å²) < 4.78 is 260. The molecule has 2 aromatic heterocycles. The van der Waals surface area contributed by atoms with Gasteiger partial charge in [0.1, 0.15) is 11.6 Å². The van der Waals surface area contributed by atoms with Crippen LogP contribution in [0.15, 0.2) is 127 Å². The molecule has 0 spiro atoms. The van der Waals surface area contributed by atoms with Crippen LogP contribution >= 0.6 is 0 Å². The first-order valence-electron chi connectivity index (χ1n) is 37.0. The van der Waals surface area contributed by atoms with Gasteiger partial charge in [0, 0.05) is 64.1 Å². The first-order chi connectivity index (χ1) is 44.0. The number of aromatic hydroxyl groups is 1. The van der Waals surface area contributed by atoms with Gasteiger partial charge in [-0.3, -0.25) is 9.55 Å². The molecule has 1 N–H and O–H groups in total. The molecule has 6 aromatic carbocycles. The van der Waals surface area contributed by atoms with Crippen LogP contribution in [0.2, 0.25) is 0 Å². The van der Waals surface area contributed by atoms with Crippen molar-refractivity contribution in [3.05, 3.63) is 166 Å². The number of phenolic OH excluding ortho intramolecular Hbond substituents is 1. The summed E-state index contributed by atoms with van der Waals surface area (Å²) in [6, 6.07) is 22.8. The Morgan fingerprint density at radius 3 is 1.96 bits per heavy atom. The van der Waals surface area contributed by atoms with E-state index in [2.05, 4.69) is 4.98 Å². The molecular formula is C65H75N3O. The van der Waals surface area contributed by atoms with Crippen molar-refractivity contribution in [1.82, 2.24) is 14.5 Å². The number of para-hydroxylation sites is 1. The largest absolute Gasteiger partial charge is 0.507 e. The maximum atomic E-state index is 13.3. The van der Waals surface area contributed by atoms with E-state index in [1.54, 1.807) is 99.6 Å². The summed E-state index contributed by atoms with van der Waals surface area (Å²) in [6.45, 7) is -16.3. The molecule has 0 aliphatic rings. The van der Waals surface area contributed by atoms with Gasteiger partial charge in [-0.1, -0.05) is 182 Å². The van der Waals surface area contributed by atoms with Crippen molar-refractivity contribution in [2.45, 2.75) is 145 Å². The van der Waals surface area contributed by atoms with Crippen LogP contribution < -0.4 is 0 Å². The van der Waals surface area contributed by atoms with Gasteiger partial charge in [0.15, 0.2) is 0 Å². The van der Waals surface area contributed by atoms with Gasteiger partial charge in [-0.25, -0.2) is 4.98 Å². The molecule has 0 atom stereocenters. The number of benzene rings is 6. The first-order valence-corrected chi connectivity index (χ1v) is 22.5. The van der Waals surface area contributed by atoms with Crippen molar-refractivity contribution in [1.29, 1.82) is 0 Å². The number of pyridine rings is 1. The lowest BCUT2D eigenvalue weighted by molar-refractivity contribution is 0.411. The van der Waals surface area contributed by atoms with E-state index in [-0.39, 0.29) is 55.8 Å².